The third kappa shape index (κ3) is 5.26. The number of rotatable bonds is 5. The van der Waals surface area contributed by atoms with E-state index in [-0.39, 0.29) is 28.5 Å². The minimum atomic E-state index is -3.33. The van der Waals surface area contributed by atoms with Crippen molar-refractivity contribution in [3.05, 3.63) is 29.8 Å². The van der Waals surface area contributed by atoms with Crippen LogP contribution in [0.1, 0.15) is 38.1 Å². The minimum absolute atomic E-state index is 0.148. The number of morpholine rings is 1. The number of sulfone groups is 1. The fourth-order valence-electron chi connectivity index (χ4n) is 3.05. The van der Waals surface area contributed by atoms with Crippen LogP contribution < -0.4 is 5.32 Å². The van der Waals surface area contributed by atoms with Gasteiger partial charge in [0.2, 0.25) is 0 Å². The Bertz CT molecular complexity index is 720. The molecule has 6 nitrogen and oxygen atoms in total. The third-order valence-corrected chi connectivity index (χ3v) is 5.59. The van der Waals surface area contributed by atoms with Crippen molar-refractivity contribution in [3.8, 4) is 0 Å². The van der Waals surface area contributed by atoms with Crippen molar-refractivity contribution in [1.29, 1.82) is 0 Å². The minimum Gasteiger partial charge on any atom is -0.373 e. The lowest BCUT2D eigenvalue weighted by Crippen LogP contribution is -2.58. The van der Waals surface area contributed by atoms with Crippen molar-refractivity contribution in [2.75, 3.05) is 25.9 Å². The first-order valence-corrected chi connectivity index (χ1v) is 10.4. The largest absolute Gasteiger partial charge is 0.373 e. The Hall–Kier alpha value is -1.44. The molecule has 1 aliphatic rings. The second kappa shape index (κ2) is 7.43. The van der Waals surface area contributed by atoms with E-state index in [4.69, 9.17) is 4.74 Å². The van der Waals surface area contributed by atoms with Gasteiger partial charge in [-0.05, 0) is 45.9 Å². The fraction of sp³-hybridized carbons (Fsp3) is 0.611. The average Bonchev–Trinajstić information content (AvgIpc) is 2.51. The van der Waals surface area contributed by atoms with Gasteiger partial charge in [0.15, 0.2) is 9.84 Å². The molecule has 1 fully saturated rings. The summed E-state index contributed by atoms with van der Waals surface area (Å²) < 4.78 is 29.1. The first-order chi connectivity index (χ1) is 11.5. The summed E-state index contributed by atoms with van der Waals surface area (Å²) in [6.45, 7) is 10.4. The van der Waals surface area contributed by atoms with Crippen LogP contribution in [0.25, 0.3) is 0 Å². The molecule has 1 saturated heterocycles. The van der Waals surface area contributed by atoms with Crippen molar-refractivity contribution >= 4 is 15.7 Å². The van der Waals surface area contributed by atoms with Crippen LogP contribution in [-0.2, 0) is 14.6 Å². The average molecular weight is 368 g/mol. The molecule has 0 saturated carbocycles. The highest BCUT2D eigenvalue weighted by Crippen LogP contribution is 2.21. The van der Waals surface area contributed by atoms with Crippen LogP contribution in [-0.4, -0.2) is 62.9 Å². The van der Waals surface area contributed by atoms with Gasteiger partial charge < -0.3 is 10.1 Å². The number of nitrogens with zero attached hydrogens (tertiary/aromatic N) is 1. The van der Waals surface area contributed by atoms with E-state index < -0.39 is 9.84 Å². The molecule has 25 heavy (non-hydrogen) atoms. The van der Waals surface area contributed by atoms with Gasteiger partial charge >= 0.3 is 0 Å². The number of nitrogens with one attached hydrogen (secondary N) is 1. The third-order valence-electron chi connectivity index (χ3n) is 4.48. The van der Waals surface area contributed by atoms with E-state index in [2.05, 4.69) is 24.1 Å². The number of hydrogen-bond donors (Lipinski definition) is 1. The molecule has 2 rings (SSSR count). The second-order valence-electron chi connectivity index (χ2n) is 7.46. The number of benzene rings is 1. The molecule has 0 aromatic heterocycles. The maximum Gasteiger partial charge on any atom is 0.251 e. The van der Waals surface area contributed by atoms with E-state index in [1.807, 2.05) is 13.8 Å². The molecule has 2 atom stereocenters. The van der Waals surface area contributed by atoms with Crippen LogP contribution in [0.3, 0.4) is 0 Å². The summed E-state index contributed by atoms with van der Waals surface area (Å²) in [5, 5.41) is 2.93. The Labute approximate surface area is 150 Å². The topological polar surface area (TPSA) is 75.7 Å². The van der Waals surface area contributed by atoms with E-state index in [9.17, 15) is 13.2 Å². The molecule has 1 aromatic carbocycles. The fourth-order valence-corrected chi connectivity index (χ4v) is 3.72. The summed E-state index contributed by atoms with van der Waals surface area (Å²) in [5.74, 6) is -0.270. The maximum atomic E-state index is 12.4. The molecule has 0 spiro atoms. The Kier molecular flexibility index (Phi) is 5.91. The second-order valence-corrected chi connectivity index (χ2v) is 9.47. The van der Waals surface area contributed by atoms with E-state index >= 15 is 0 Å². The molecule has 0 bridgehead atoms. The first-order valence-electron chi connectivity index (χ1n) is 8.48. The molecule has 0 unspecified atom stereocenters. The van der Waals surface area contributed by atoms with Crippen LogP contribution in [0.4, 0.5) is 0 Å². The van der Waals surface area contributed by atoms with Gasteiger partial charge in [0.25, 0.3) is 5.91 Å². The van der Waals surface area contributed by atoms with E-state index in [0.717, 1.165) is 19.3 Å². The number of carbonyl (C=O) groups excluding carboxylic acids is 1. The maximum absolute atomic E-state index is 12.4. The first kappa shape index (κ1) is 19.9. The standard InChI is InChI=1S/C18H28N2O4S/c1-13-10-20(11-14(2)24-13)18(3,4)12-19-17(21)15-7-6-8-16(9-15)25(5,22)23/h6-9,13-14H,10-12H2,1-5H3,(H,19,21)/t13-,14-/m0/s1. The molecule has 0 aliphatic carbocycles. The van der Waals surface area contributed by atoms with Gasteiger partial charge in [-0.3, -0.25) is 9.69 Å². The van der Waals surface area contributed by atoms with Crippen LogP contribution in [0.5, 0.6) is 0 Å². The lowest BCUT2D eigenvalue weighted by molar-refractivity contribution is -0.0948. The highest BCUT2D eigenvalue weighted by molar-refractivity contribution is 7.90. The number of carbonyl (C=O) groups is 1. The SMILES string of the molecule is C[C@H]1CN(C(C)(C)CNC(=O)c2cccc(S(C)(=O)=O)c2)C[C@H](C)O1. The van der Waals surface area contributed by atoms with Gasteiger partial charge in [-0.15, -0.1) is 0 Å². The zero-order valence-electron chi connectivity index (χ0n) is 15.6. The summed E-state index contributed by atoms with van der Waals surface area (Å²) >= 11 is 0. The normalized spacial score (nSPS) is 22.6. The lowest BCUT2D eigenvalue weighted by Gasteiger charge is -2.45. The van der Waals surface area contributed by atoms with Crippen molar-refractivity contribution in [2.45, 2.75) is 50.3 Å². The molecular formula is C18H28N2O4S. The molecule has 0 radical (unpaired) electrons. The van der Waals surface area contributed by atoms with Crippen LogP contribution in [0, 0.1) is 0 Å². The lowest BCUT2D eigenvalue weighted by atomic mass is 10.00. The molecule has 140 valence electrons. The summed E-state index contributed by atoms with van der Waals surface area (Å²) in [6, 6.07) is 6.11. The van der Waals surface area contributed by atoms with Crippen molar-refractivity contribution in [3.63, 3.8) is 0 Å². The quantitative estimate of drug-likeness (QED) is 0.856. The van der Waals surface area contributed by atoms with Gasteiger partial charge in [-0.2, -0.15) is 0 Å². The summed E-state index contributed by atoms with van der Waals surface area (Å²) in [4.78, 5) is 14.9. The monoisotopic (exact) mass is 368 g/mol. The highest BCUT2D eigenvalue weighted by Gasteiger charge is 2.33. The predicted octanol–water partition coefficient (Wildman–Crippen LogP) is 1.71. The molecule has 1 N–H and O–H groups in total. The van der Waals surface area contributed by atoms with Crippen molar-refractivity contribution in [2.24, 2.45) is 0 Å². The summed E-state index contributed by atoms with van der Waals surface area (Å²) in [6.07, 6.45) is 1.45. The van der Waals surface area contributed by atoms with E-state index in [1.54, 1.807) is 12.1 Å². The number of hydrogen-bond acceptors (Lipinski definition) is 5. The molecule has 1 heterocycles. The van der Waals surface area contributed by atoms with E-state index in [0.29, 0.717) is 12.1 Å². The van der Waals surface area contributed by atoms with Gasteiger partial charge in [0.05, 0.1) is 17.1 Å². The number of amides is 1. The van der Waals surface area contributed by atoms with Crippen LogP contribution in [0.2, 0.25) is 0 Å². The van der Waals surface area contributed by atoms with Gasteiger partial charge in [-0.25, -0.2) is 8.42 Å². The van der Waals surface area contributed by atoms with Crippen molar-refractivity contribution < 1.29 is 17.9 Å². The van der Waals surface area contributed by atoms with Crippen LogP contribution in [0.15, 0.2) is 29.2 Å². The zero-order valence-corrected chi connectivity index (χ0v) is 16.4. The van der Waals surface area contributed by atoms with Crippen LogP contribution >= 0.6 is 0 Å². The predicted molar refractivity (Wildman–Crippen MR) is 97.5 cm³/mol. The van der Waals surface area contributed by atoms with E-state index in [1.165, 1.54) is 12.1 Å². The number of ether oxygens (including phenoxy) is 1. The van der Waals surface area contributed by atoms with Gasteiger partial charge in [0, 0.05) is 37.0 Å². The summed E-state index contributed by atoms with van der Waals surface area (Å²) in [5.41, 5.74) is 0.124. The smallest absolute Gasteiger partial charge is 0.251 e. The molecule has 1 aromatic rings. The highest BCUT2D eigenvalue weighted by atomic mass is 32.2. The van der Waals surface area contributed by atoms with Gasteiger partial charge in [-0.1, -0.05) is 6.07 Å². The Morgan fingerprint density at radius 2 is 1.88 bits per heavy atom. The van der Waals surface area contributed by atoms with Gasteiger partial charge in [0.1, 0.15) is 0 Å². The molecular weight excluding hydrogens is 340 g/mol. The Morgan fingerprint density at radius 3 is 2.44 bits per heavy atom. The molecule has 7 heteroatoms. The summed E-state index contributed by atoms with van der Waals surface area (Å²) in [7, 11) is -3.33. The molecule has 1 aliphatic heterocycles. The van der Waals surface area contributed by atoms with Crippen molar-refractivity contribution in [1.82, 2.24) is 10.2 Å². The molecule has 1 amide bonds. The Morgan fingerprint density at radius 1 is 1.28 bits per heavy atom. The Balaban J connectivity index is 2.04. The zero-order chi connectivity index (χ0) is 18.8.